The van der Waals surface area contributed by atoms with Gasteiger partial charge in [-0.3, -0.25) is 4.79 Å². The standard InChI is InChI=1S/C10H17ClO3/c11-6-2-4-9(12)3-1-5-10-13-7-8-14-10/h10H,1-8H2. The second-order valence-electron chi connectivity index (χ2n) is 3.39. The number of hydrogen-bond acceptors (Lipinski definition) is 3. The summed E-state index contributed by atoms with van der Waals surface area (Å²) in [6, 6.07) is 0. The highest BCUT2D eigenvalue weighted by atomic mass is 35.5. The van der Waals surface area contributed by atoms with Crippen LogP contribution in [-0.2, 0) is 14.3 Å². The molecule has 0 aromatic rings. The van der Waals surface area contributed by atoms with Crippen LogP contribution >= 0.6 is 11.6 Å². The molecule has 1 aliphatic heterocycles. The molecule has 3 nitrogen and oxygen atoms in total. The van der Waals surface area contributed by atoms with Gasteiger partial charge in [0.05, 0.1) is 13.2 Å². The minimum absolute atomic E-state index is 0.0733. The average Bonchev–Trinajstić information content (AvgIpc) is 2.67. The molecule has 0 aliphatic carbocycles. The van der Waals surface area contributed by atoms with Crippen molar-refractivity contribution in [3.05, 3.63) is 0 Å². The molecule has 0 radical (unpaired) electrons. The lowest BCUT2D eigenvalue weighted by Crippen LogP contribution is -2.08. The van der Waals surface area contributed by atoms with Crippen LogP contribution in [0, 0.1) is 0 Å². The normalized spacial score (nSPS) is 17.5. The van der Waals surface area contributed by atoms with Gasteiger partial charge in [-0.05, 0) is 19.3 Å². The lowest BCUT2D eigenvalue weighted by atomic mass is 10.1. The summed E-state index contributed by atoms with van der Waals surface area (Å²) >= 11 is 5.49. The van der Waals surface area contributed by atoms with E-state index in [4.69, 9.17) is 21.1 Å². The summed E-state index contributed by atoms with van der Waals surface area (Å²) in [5.41, 5.74) is 0. The zero-order chi connectivity index (χ0) is 10.2. The van der Waals surface area contributed by atoms with E-state index in [0.29, 0.717) is 37.7 Å². The summed E-state index contributed by atoms with van der Waals surface area (Å²) in [6.07, 6.45) is 3.63. The van der Waals surface area contributed by atoms with Crippen LogP contribution in [0.1, 0.15) is 32.1 Å². The molecule has 82 valence electrons. The van der Waals surface area contributed by atoms with Gasteiger partial charge in [0, 0.05) is 18.7 Å². The molecule has 1 aliphatic rings. The first-order valence-electron chi connectivity index (χ1n) is 5.14. The Kier molecular flexibility index (Phi) is 6.15. The van der Waals surface area contributed by atoms with Crippen LogP contribution in [0.4, 0.5) is 0 Å². The van der Waals surface area contributed by atoms with Crippen LogP contribution in [0.15, 0.2) is 0 Å². The fourth-order valence-electron chi connectivity index (χ4n) is 1.43. The van der Waals surface area contributed by atoms with Crippen molar-refractivity contribution in [1.29, 1.82) is 0 Å². The molecule has 1 rings (SSSR count). The minimum atomic E-state index is -0.0733. The number of ether oxygens (including phenoxy) is 2. The van der Waals surface area contributed by atoms with Crippen LogP contribution in [0.5, 0.6) is 0 Å². The molecular formula is C10H17ClO3. The van der Waals surface area contributed by atoms with Crippen LogP contribution in [0.3, 0.4) is 0 Å². The Balaban J connectivity index is 1.94. The smallest absolute Gasteiger partial charge is 0.157 e. The Bertz CT molecular complexity index is 167. The molecule has 0 atom stereocenters. The highest BCUT2D eigenvalue weighted by Gasteiger charge is 2.15. The number of alkyl halides is 1. The molecule has 14 heavy (non-hydrogen) atoms. The Morgan fingerprint density at radius 2 is 1.86 bits per heavy atom. The van der Waals surface area contributed by atoms with E-state index in [2.05, 4.69) is 0 Å². The largest absolute Gasteiger partial charge is 0.350 e. The van der Waals surface area contributed by atoms with E-state index in [1.165, 1.54) is 0 Å². The van der Waals surface area contributed by atoms with Gasteiger partial charge < -0.3 is 9.47 Å². The van der Waals surface area contributed by atoms with Crippen molar-refractivity contribution in [1.82, 2.24) is 0 Å². The first kappa shape index (κ1) is 12.0. The Morgan fingerprint density at radius 1 is 1.21 bits per heavy atom. The zero-order valence-corrected chi connectivity index (χ0v) is 9.09. The summed E-state index contributed by atoms with van der Waals surface area (Å²) in [7, 11) is 0. The molecule has 0 aromatic heterocycles. The van der Waals surface area contributed by atoms with Gasteiger partial charge in [0.2, 0.25) is 0 Å². The summed E-state index contributed by atoms with van der Waals surface area (Å²) < 4.78 is 10.5. The van der Waals surface area contributed by atoms with Crippen molar-refractivity contribution in [3.63, 3.8) is 0 Å². The Morgan fingerprint density at radius 3 is 2.50 bits per heavy atom. The van der Waals surface area contributed by atoms with E-state index < -0.39 is 0 Å². The lowest BCUT2D eigenvalue weighted by molar-refractivity contribution is -0.119. The summed E-state index contributed by atoms with van der Waals surface area (Å²) in [5, 5.41) is 0. The Labute approximate surface area is 89.7 Å². The van der Waals surface area contributed by atoms with Crippen molar-refractivity contribution in [2.45, 2.75) is 38.4 Å². The first-order chi connectivity index (χ1) is 6.83. The fraction of sp³-hybridized carbons (Fsp3) is 0.900. The quantitative estimate of drug-likeness (QED) is 0.617. The van der Waals surface area contributed by atoms with Gasteiger partial charge in [0.1, 0.15) is 5.78 Å². The van der Waals surface area contributed by atoms with E-state index in [1.54, 1.807) is 0 Å². The summed E-state index contributed by atoms with van der Waals surface area (Å²) in [4.78, 5) is 11.2. The molecule has 0 aromatic carbocycles. The maximum absolute atomic E-state index is 11.2. The molecule has 0 amide bonds. The number of Topliss-reactive ketones (excluding diaryl/α,β-unsaturated/α-hetero) is 1. The average molecular weight is 221 g/mol. The highest BCUT2D eigenvalue weighted by molar-refractivity contribution is 6.17. The molecule has 0 bridgehead atoms. The molecule has 0 spiro atoms. The molecule has 0 saturated carbocycles. The summed E-state index contributed by atoms with van der Waals surface area (Å²) in [6.45, 7) is 1.37. The lowest BCUT2D eigenvalue weighted by Gasteiger charge is -2.07. The van der Waals surface area contributed by atoms with Gasteiger partial charge >= 0.3 is 0 Å². The van der Waals surface area contributed by atoms with Crippen molar-refractivity contribution < 1.29 is 14.3 Å². The molecule has 1 fully saturated rings. The van der Waals surface area contributed by atoms with Gasteiger partial charge in [-0.15, -0.1) is 11.6 Å². The molecule has 0 unspecified atom stereocenters. The second-order valence-corrected chi connectivity index (χ2v) is 3.77. The maximum Gasteiger partial charge on any atom is 0.157 e. The monoisotopic (exact) mass is 220 g/mol. The maximum atomic E-state index is 11.2. The number of ketones is 1. The van der Waals surface area contributed by atoms with Gasteiger partial charge in [-0.25, -0.2) is 0 Å². The fourth-order valence-corrected chi connectivity index (χ4v) is 1.56. The van der Waals surface area contributed by atoms with Crippen LogP contribution in [0.2, 0.25) is 0 Å². The van der Waals surface area contributed by atoms with Crippen molar-refractivity contribution in [2.75, 3.05) is 19.1 Å². The molecular weight excluding hydrogens is 204 g/mol. The van der Waals surface area contributed by atoms with Crippen LogP contribution in [-0.4, -0.2) is 31.2 Å². The molecule has 1 heterocycles. The van der Waals surface area contributed by atoms with Gasteiger partial charge in [0.25, 0.3) is 0 Å². The molecule has 0 N–H and O–H groups in total. The second kappa shape index (κ2) is 7.21. The molecule has 4 heteroatoms. The third-order valence-electron chi connectivity index (χ3n) is 2.18. The van der Waals surface area contributed by atoms with E-state index >= 15 is 0 Å². The van der Waals surface area contributed by atoms with Gasteiger partial charge in [0.15, 0.2) is 6.29 Å². The van der Waals surface area contributed by atoms with Crippen molar-refractivity contribution in [3.8, 4) is 0 Å². The first-order valence-corrected chi connectivity index (χ1v) is 5.67. The number of hydrogen-bond donors (Lipinski definition) is 0. The van der Waals surface area contributed by atoms with Gasteiger partial charge in [-0.1, -0.05) is 0 Å². The van der Waals surface area contributed by atoms with Crippen molar-refractivity contribution >= 4 is 17.4 Å². The van der Waals surface area contributed by atoms with Crippen LogP contribution in [0.25, 0.3) is 0 Å². The number of carbonyl (C=O) groups is 1. The third kappa shape index (κ3) is 4.94. The van der Waals surface area contributed by atoms with E-state index in [1.807, 2.05) is 0 Å². The highest BCUT2D eigenvalue weighted by Crippen LogP contribution is 2.12. The SMILES string of the molecule is O=C(CCCCl)CCCC1OCCO1. The van der Waals surface area contributed by atoms with Gasteiger partial charge in [-0.2, -0.15) is 0 Å². The minimum Gasteiger partial charge on any atom is -0.350 e. The predicted octanol–water partition coefficient (Wildman–Crippen LogP) is 2.12. The number of halogens is 1. The van der Waals surface area contributed by atoms with Crippen LogP contribution < -0.4 is 0 Å². The Hall–Kier alpha value is -0.120. The van der Waals surface area contributed by atoms with E-state index in [-0.39, 0.29) is 6.29 Å². The zero-order valence-electron chi connectivity index (χ0n) is 8.34. The summed E-state index contributed by atoms with van der Waals surface area (Å²) in [5.74, 6) is 0.865. The number of carbonyl (C=O) groups excluding carboxylic acids is 1. The van der Waals surface area contributed by atoms with E-state index in [0.717, 1.165) is 19.3 Å². The topological polar surface area (TPSA) is 35.5 Å². The third-order valence-corrected chi connectivity index (χ3v) is 2.44. The predicted molar refractivity (Wildman–Crippen MR) is 54.5 cm³/mol. The van der Waals surface area contributed by atoms with E-state index in [9.17, 15) is 4.79 Å². The van der Waals surface area contributed by atoms with Crippen molar-refractivity contribution in [2.24, 2.45) is 0 Å². The number of rotatable bonds is 7. The molecule has 1 saturated heterocycles.